The zero-order valence-corrected chi connectivity index (χ0v) is 14.9. The van der Waals surface area contributed by atoms with E-state index in [9.17, 15) is 4.79 Å². The van der Waals surface area contributed by atoms with Gasteiger partial charge in [0.05, 0.1) is 27.2 Å². The molecule has 24 heavy (non-hydrogen) atoms. The van der Waals surface area contributed by atoms with Crippen molar-refractivity contribution in [3.05, 3.63) is 17.7 Å². The van der Waals surface area contributed by atoms with Crippen molar-refractivity contribution in [3.8, 4) is 17.2 Å². The molecule has 1 aromatic rings. The number of ether oxygens (including phenoxy) is 3. The molecular formula is C18H27NO5. The third kappa shape index (κ3) is 3.75. The van der Waals surface area contributed by atoms with Crippen molar-refractivity contribution in [2.45, 2.75) is 32.2 Å². The van der Waals surface area contributed by atoms with Gasteiger partial charge < -0.3 is 19.3 Å². The lowest BCUT2D eigenvalue weighted by Crippen LogP contribution is -2.38. The fraction of sp³-hybridized carbons (Fsp3) is 0.611. The number of rotatable bonds is 7. The number of hydrogen-bond acceptors (Lipinski definition) is 5. The van der Waals surface area contributed by atoms with Crippen molar-refractivity contribution in [1.82, 2.24) is 4.90 Å². The van der Waals surface area contributed by atoms with Crippen LogP contribution in [0.2, 0.25) is 0 Å². The predicted octanol–water partition coefficient (Wildman–Crippen LogP) is 2.96. The molecule has 1 aliphatic rings. The van der Waals surface area contributed by atoms with E-state index in [1.165, 1.54) is 0 Å². The molecule has 134 valence electrons. The average molecular weight is 337 g/mol. The summed E-state index contributed by atoms with van der Waals surface area (Å²) in [7, 11) is 4.81. The van der Waals surface area contributed by atoms with E-state index in [-0.39, 0.29) is 12.0 Å². The van der Waals surface area contributed by atoms with E-state index in [0.717, 1.165) is 25.1 Å². The molecule has 0 aromatic heterocycles. The third-order valence-electron chi connectivity index (χ3n) is 4.78. The van der Waals surface area contributed by atoms with Crippen LogP contribution in [-0.2, 0) is 4.79 Å². The summed E-state index contributed by atoms with van der Waals surface area (Å²) in [5.74, 6) is 0.966. The summed E-state index contributed by atoms with van der Waals surface area (Å²) in [5.41, 5.74) is 1.10. The smallest absolute Gasteiger partial charge is 0.306 e. The van der Waals surface area contributed by atoms with E-state index >= 15 is 0 Å². The van der Waals surface area contributed by atoms with E-state index in [1.807, 2.05) is 12.1 Å². The Morgan fingerprint density at radius 2 is 1.71 bits per heavy atom. The summed E-state index contributed by atoms with van der Waals surface area (Å²) in [5, 5.41) is 9.17. The van der Waals surface area contributed by atoms with E-state index in [1.54, 1.807) is 21.3 Å². The first-order chi connectivity index (χ1) is 11.5. The highest BCUT2D eigenvalue weighted by molar-refractivity contribution is 5.70. The molecule has 1 heterocycles. The van der Waals surface area contributed by atoms with Crippen LogP contribution in [-0.4, -0.2) is 50.4 Å². The Morgan fingerprint density at radius 3 is 2.08 bits per heavy atom. The first-order valence-electron chi connectivity index (χ1n) is 8.32. The molecule has 6 heteroatoms. The van der Waals surface area contributed by atoms with Gasteiger partial charge in [-0.05, 0) is 50.0 Å². The second kappa shape index (κ2) is 8.24. The molecule has 0 radical (unpaired) electrons. The van der Waals surface area contributed by atoms with Gasteiger partial charge in [0, 0.05) is 6.04 Å². The quantitative estimate of drug-likeness (QED) is 0.825. The highest BCUT2D eigenvalue weighted by Gasteiger charge is 2.29. The van der Waals surface area contributed by atoms with Gasteiger partial charge in [-0.25, -0.2) is 0 Å². The van der Waals surface area contributed by atoms with E-state index in [0.29, 0.717) is 30.1 Å². The van der Waals surface area contributed by atoms with E-state index in [4.69, 9.17) is 19.3 Å². The molecule has 0 saturated carbocycles. The zero-order chi connectivity index (χ0) is 17.7. The number of piperidine rings is 1. The molecule has 2 rings (SSSR count). The lowest BCUT2D eigenvalue weighted by molar-refractivity contribution is -0.143. The van der Waals surface area contributed by atoms with Gasteiger partial charge in [0.15, 0.2) is 11.5 Å². The molecule has 0 aliphatic carbocycles. The molecule has 1 saturated heterocycles. The number of nitrogens with zero attached hydrogens (tertiary/aromatic N) is 1. The van der Waals surface area contributed by atoms with Gasteiger partial charge in [0.25, 0.3) is 0 Å². The number of methoxy groups -OCH3 is 3. The zero-order valence-electron chi connectivity index (χ0n) is 14.9. The fourth-order valence-electron chi connectivity index (χ4n) is 3.46. The van der Waals surface area contributed by atoms with Gasteiger partial charge >= 0.3 is 5.97 Å². The minimum absolute atomic E-state index is 0.202. The summed E-state index contributed by atoms with van der Waals surface area (Å²) < 4.78 is 16.3. The second-order valence-corrected chi connectivity index (χ2v) is 6.03. The Kier molecular flexibility index (Phi) is 6.31. The molecular weight excluding hydrogens is 310 g/mol. The van der Waals surface area contributed by atoms with Crippen LogP contribution in [0.15, 0.2) is 12.1 Å². The van der Waals surface area contributed by atoms with Crippen LogP contribution in [0.3, 0.4) is 0 Å². The standard InChI is InChI=1S/C18H27NO5/c1-5-14(19-8-6-12(7-9-19)18(20)21)13-10-15(22-2)17(24-4)16(11-13)23-3/h10-12,14H,5-9H2,1-4H3,(H,20,21). The van der Waals surface area contributed by atoms with Crippen molar-refractivity contribution in [2.75, 3.05) is 34.4 Å². The van der Waals surface area contributed by atoms with Gasteiger partial charge in [-0.1, -0.05) is 6.92 Å². The highest BCUT2D eigenvalue weighted by atomic mass is 16.5. The molecule has 1 unspecified atom stereocenters. The Balaban J connectivity index is 2.26. The van der Waals surface area contributed by atoms with E-state index < -0.39 is 5.97 Å². The molecule has 0 bridgehead atoms. The molecule has 6 nitrogen and oxygen atoms in total. The van der Waals surface area contributed by atoms with Crippen molar-refractivity contribution in [2.24, 2.45) is 5.92 Å². The molecule has 1 aliphatic heterocycles. The first-order valence-corrected chi connectivity index (χ1v) is 8.32. The van der Waals surface area contributed by atoms with Crippen molar-refractivity contribution >= 4 is 5.97 Å². The third-order valence-corrected chi connectivity index (χ3v) is 4.78. The van der Waals surface area contributed by atoms with Crippen molar-refractivity contribution in [1.29, 1.82) is 0 Å². The second-order valence-electron chi connectivity index (χ2n) is 6.03. The van der Waals surface area contributed by atoms with Gasteiger partial charge in [-0.2, -0.15) is 0 Å². The average Bonchev–Trinajstić information content (AvgIpc) is 2.61. The van der Waals surface area contributed by atoms with Crippen LogP contribution in [0.25, 0.3) is 0 Å². The molecule has 0 spiro atoms. The van der Waals surface area contributed by atoms with Crippen LogP contribution in [0.1, 0.15) is 37.8 Å². The van der Waals surface area contributed by atoms with Crippen LogP contribution in [0.5, 0.6) is 17.2 Å². The Bertz CT molecular complexity index is 542. The maximum atomic E-state index is 11.1. The Morgan fingerprint density at radius 1 is 1.17 bits per heavy atom. The van der Waals surface area contributed by atoms with Crippen LogP contribution >= 0.6 is 0 Å². The minimum atomic E-state index is -0.685. The summed E-state index contributed by atoms with van der Waals surface area (Å²) >= 11 is 0. The highest BCUT2D eigenvalue weighted by Crippen LogP contribution is 2.41. The minimum Gasteiger partial charge on any atom is -0.493 e. The number of benzene rings is 1. The SMILES string of the molecule is CCC(c1cc(OC)c(OC)c(OC)c1)N1CCC(C(=O)O)CC1. The van der Waals surface area contributed by atoms with Gasteiger partial charge in [0.1, 0.15) is 0 Å². The molecule has 1 atom stereocenters. The summed E-state index contributed by atoms with van der Waals surface area (Å²) in [6.07, 6.45) is 2.31. The lowest BCUT2D eigenvalue weighted by Gasteiger charge is -2.36. The van der Waals surface area contributed by atoms with Gasteiger partial charge in [0.2, 0.25) is 5.75 Å². The summed E-state index contributed by atoms with van der Waals surface area (Å²) in [6.45, 7) is 3.70. The monoisotopic (exact) mass is 337 g/mol. The van der Waals surface area contributed by atoms with Crippen LogP contribution < -0.4 is 14.2 Å². The number of carboxylic acid groups (broad SMARTS) is 1. The van der Waals surface area contributed by atoms with Crippen LogP contribution in [0.4, 0.5) is 0 Å². The van der Waals surface area contributed by atoms with Crippen molar-refractivity contribution < 1.29 is 24.1 Å². The lowest BCUT2D eigenvalue weighted by atomic mass is 9.93. The number of likely N-dealkylation sites (tertiary alicyclic amines) is 1. The number of aliphatic carboxylic acids is 1. The molecule has 1 N–H and O–H groups in total. The first kappa shape index (κ1) is 18.4. The fourth-order valence-corrected chi connectivity index (χ4v) is 3.46. The normalized spacial score (nSPS) is 17.3. The Labute approximate surface area is 143 Å². The summed E-state index contributed by atoms with van der Waals surface area (Å²) in [4.78, 5) is 13.5. The van der Waals surface area contributed by atoms with E-state index in [2.05, 4.69) is 11.8 Å². The maximum absolute atomic E-state index is 11.1. The predicted molar refractivity (Wildman–Crippen MR) is 91.1 cm³/mol. The summed E-state index contributed by atoms with van der Waals surface area (Å²) in [6, 6.07) is 4.17. The van der Waals surface area contributed by atoms with Crippen LogP contribution in [0, 0.1) is 5.92 Å². The number of carboxylic acids is 1. The Hall–Kier alpha value is -1.95. The molecule has 0 amide bonds. The van der Waals surface area contributed by atoms with Gasteiger partial charge in [-0.15, -0.1) is 0 Å². The van der Waals surface area contributed by atoms with Crippen molar-refractivity contribution in [3.63, 3.8) is 0 Å². The largest absolute Gasteiger partial charge is 0.493 e. The maximum Gasteiger partial charge on any atom is 0.306 e. The number of carbonyl (C=O) groups is 1. The molecule has 1 fully saturated rings. The van der Waals surface area contributed by atoms with Gasteiger partial charge in [-0.3, -0.25) is 9.69 Å². The molecule has 1 aromatic carbocycles. The topological polar surface area (TPSA) is 68.2 Å². The number of hydrogen-bond donors (Lipinski definition) is 1.